The van der Waals surface area contributed by atoms with Crippen molar-refractivity contribution < 1.29 is 19.7 Å². The van der Waals surface area contributed by atoms with E-state index in [2.05, 4.69) is 11.8 Å². The van der Waals surface area contributed by atoms with Crippen molar-refractivity contribution >= 4 is 8.69 Å². The lowest BCUT2D eigenvalue weighted by molar-refractivity contribution is 0.159. The standard InChI is InChI=1S/C22H47NO2.HO2P/c1-2-3-4-5-6-7-8-9-10-11-12-13-14-15-16-17-18-23(19-21-24)20-22-25;1-3-2/h24-25H,2-22H2,1H3;(H,1,2). The van der Waals surface area contributed by atoms with Gasteiger partial charge in [-0.25, -0.2) is 4.57 Å². The normalized spacial score (nSPS) is 11.0. The highest BCUT2D eigenvalue weighted by Gasteiger charge is 2.02. The second-order valence-corrected chi connectivity index (χ2v) is 7.84. The lowest BCUT2D eigenvalue weighted by Crippen LogP contribution is -2.30. The van der Waals surface area contributed by atoms with Gasteiger partial charge in [0.15, 0.2) is 0 Å². The van der Waals surface area contributed by atoms with E-state index in [1.807, 2.05) is 0 Å². The van der Waals surface area contributed by atoms with Gasteiger partial charge in [-0.1, -0.05) is 103 Å². The van der Waals surface area contributed by atoms with Crippen molar-refractivity contribution in [2.45, 2.75) is 110 Å². The van der Waals surface area contributed by atoms with Gasteiger partial charge in [-0.15, -0.1) is 0 Å². The highest BCUT2D eigenvalue weighted by molar-refractivity contribution is 7.16. The third-order valence-electron chi connectivity index (χ3n) is 5.16. The molecule has 0 aliphatic heterocycles. The van der Waals surface area contributed by atoms with Crippen molar-refractivity contribution in [2.75, 3.05) is 32.8 Å². The Kier molecular flexibility index (Phi) is 31.4. The van der Waals surface area contributed by atoms with Crippen LogP contribution >= 0.6 is 8.69 Å². The van der Waals surface area contributed by atoms with Gasteiger partial charge < -0.3 is 15.1 Å². The Balaban J connectivity index is 0. The van der Waals surface area contributed by atoms with Crippen LogP contribution in [0, 0.1) is 0 Å². The first-order chi connectivity index (χ1) is 13.8. The van der Waals surface area contributed by atoms with Crippen LogP contribution in [0.1, 0.15) is 110 Å². The zero-order valence-electron chi connectivity index (χ0n) is 18.5. The Morgan fingerprint density at radius 3 is 1.14 bits per heavy atom. The van der Waals surface area contributed by atoms with Crippen LogP contribution in [0.5, 0.6) is 0 Å². The first-order valence-corrected chi connectivity index (χ1v) is 12.4. The molecular weight excluding hydrogens is 373 g/mol. The van der Waals surface area contributed by atoms with E-state index >= 15 is 0 Å². The maximum atomic E-state index is 8.97. The molecule has 5 nitrogen and oxygen atoms in total. The fourth-order valence-corrected chi connectivity index (χ4v) is 3.50. The quantitative estimate of drug-likeness (QED) is 0.163. The monoisotopic (exact) mass is 421 g/mol. The molecule has 0 aliphatic rings. The Morgan fingerprint density at radius 1 is 0.571 bits per heavy atom. The maximum Gasteiger partial charge on any atom is 0.324 e. The van der Waals surface area contributed by atoms with Crippen molar-refractivity contribution in [1.82, 2.24) is 4.90 Å². The van der Waals surface area contributed by atoms with Gasteiger partial charge in [0, 0.05) is 13.1 Å². The summed E-state index contributed by atoms with van der Waals surface area (Å²) in [6, 6.07) is 0. The highest BCUT2D eigenvalue weighted by Crippen LogP contribution is 2.13. The van der Waals surface area contributed by atoms with Crippen LogP contribution in [0.2, 0.25) is 0 Å². The molecule has 6 heteroatoms. The van der Waals surface area contributed by atoms with E-state index in [1.165, 1.54) is 103 Å². The summed E-state index contributed by atoms with van der Waals surface area (Å²) in [5.41, 5.74) is 0. The van der Waals surface area contributed by atoms with Gasteiger partial charge in [0.05, 0.1) is 13.2 Å². The SMILES string of the molecule is CCCCCCCCCCCCCCCCCCN(CCO)CCO.O=PO. The van der Waals surface area contributed by atoms with Crippen molar-refractivity contribution in [3.63, 3.8) is 0 Å². The van der Waals surface area contributed by atoms with Gasteiger partial charge in [-0.2, -0.15) is 0 Å². The average Bonchev–Trinajstić information content (AvgIpc) is 2.68. The molecule has 0 amide bonds. The molecule has 0 radical (unpaired) electrons. The summed E-state index contributed by atoms with van der Waals surface area (Å²) in [5.74, 6) is 0. The fraction of sp³-hybridized carbons (Fsp3) is 1.00. The van der Waals surface area contributed by atoms with Crippen LogP contribution in [0.4, 0.5) is 0 Å². The minimum atomic E-state index is -0.833. The van der Waals surface area contributed by atoms with Gasteiger partial charge >= 0.3 is 8.69 Å². The number of unbranched alkanes of at least 4 members (excludes halogenated alkanes) is 15. The van der Waals surface area contributed by atoms with Crippen LogP contribution in [-0.4, -0.2) is 52.9 Å². The van der Waals surface area contributed by atoms with E-state index in [1.54, 1.807) is 0 Å². The Morgan fingerprint density at radius 2 is 0.857 bits per heavy atom. The van der Waals surface area contributed by atoms with Crippen molar-refractivity contribution in [3.8, 4) is 0 Å². The van der Waals surface area contributed by atoms with Gasteiger partial charge in [-0.3, -0.25) is 4.90 Å². The van der Waals surface area contributed by atoms with Crippen LogP contribution in [0.3, 0.4) is 0 Å². The molecule has 3 N–H and O–H groups in total. The van der Waals surface area contributed by atoms with E-state index in [9.17, 15) is 0 Å². The van der Waals surface area contributed by atoms with Crippen LogP contribution in [-0.2, 0) is 4.57 Å². The number of aliphatic hydroxyl groups excluding tert-OH is 2. The van der Waals surface area contributed by atoms with Gasteiger partial charge in [-0.05, 0) is 13.0 Å². The maximum absolute atomic E-state index is 8.97. The van der Waals surface area contributed by atoms with Crippen LogP contribution in [0.25, 0.3) is 0 Å². The Labute approximate surface area is 176 Å². The van der Waals surface area contributed by atoms with Gasteiger partial charge in [0.25, 0.3) is 0 Å². The molecule has 0 aromatic rings. The fourth-order valence-electron chi connectivity index (χ4n) is 3.50. The molecule has 0 saturated carbocycles. The molecular formula is C22H48NO4P. The van der Waals surface area contributed by atoms with E-state index in [-0.39, 0.29) is 13.2 Å². The Bertz CT molecular complexity index is 277. The third kappa shape index (κ3) is 28.2. The molecule has 0 unspecified atom stereocenters. The topological polar surface area (TPSA) is 81.0 Å². The van der Waals surface area contributed by atoms with E-state index in [0.29, 0.717) is 13.1 Å². The molecule has 28 heavy (non-hydrogen) atoms. The second-order valence-electron chi connectivity index (χ2n) is 7.67. The van der Waals surface area contributed by atoms with Gasteiger partial charge in [0.1, 0.15) is 0 Å². The molecule has 0 bridgehead atoms. The number of nitrogens with zero attached hydrogens (tertiary/aromatic N) is 1. The van der Waals surface area contributed by atoms with E-state index in [0.717, 1.165) is 6.54 Å². The molecule has 0 fully saturated rings. The number of hydrogen-bond acceptors (Lipinski definition) is 4. The third-order valence-corrected chi connectivity index (χ3v) is 5.16. The minimum absolute atomic E-state index is 0.193. The highest BCUT2D eigenvalue weighted by atomic mass is 31.1. The van der Waals surface area contributed by atoms with E-state index in [4.69, 9.17) is 19.7 Å². The summed E-state index contributed by atoms with van der Waals surface area (Å²) in [7, 11) is -0.833. The number of rotatable bonds is 21. The molecule has 0 aliphatic carbocycles. The van der Waals surface area contributed by atoms with Crippen LogP contribution < -0.4 is 0 Å². The predicted octanol–water partition coefficient (Wildman–Crippen LogP) is 5.72. The zero-order chi connectivity index (χ0) is 21.1. The Hall–Kier alpha value is -0.0600. The number of hydrogen-bond donors (Lipinski definition) is 3. The minimum Gasteiger partial charge on any atom is -0.395 e. The lowest BCUT2D eigenvalue weighted by Gasteiger charge is -2.19. The van der Waals surface area contributed by atoms with Crippen LogP contribution in [0.15, 0.2) is 0 Å². The molecule has 0 aromatic carbocycles. The summed E-state index contributed by atoms with van der Waals surface area (Å²) >= 11 is 0. The zero-order valence-corrected chi connectivity index (χ0v) is 19.4. The second kappa shape index (κ2) is 29.1. The summed E-state index contributed by atoms with van der Waals surface area (Å²) in [6.07, 6.45) is 22.3. The van der Waals surface area contributed by atoms with E-state index < -0.39 is 8.69 Å². The van der Waals surface area contributed by atoms with Gasteiger partial charge in [0.2, 0.25) is 0 Å². The van der Waals surface area contributed by atoms with Crippen molar-refractivity contribution in [1.29, 1.82) is 0 Å². The molecule has 0 saturated heterocycles. The average molecular weight is 422 g/mol. The first-order valence-electron chi connectivity index (χ1n) is 11.7. The van der Waals surface area contributed by atoms with Crippen molar-refractivity contribution in [2.24, 2.45) is 0 Å². The molecule has 0 atom stereocenters. The first kappa shape index (κ1) is 30.1. The summed E-state index contributed by atoms with van der Waals surface area (Å²) in [4.78, 5) is 9.14. The molecule has 170 valence electrons. The summed E-state index contributed by atoms with van der Waals surface area (Å²) in [5, 5.41) is 17.9. The largest absolute Gasteiger partial charge is 0.395 e. The molecule has 0 rings (SSSR count). The lowest BCUT2D eigenvalue weighted by atomic mass is 10.0. The molecule has 0 heterocycles. The smallest absolute Gasteiger partial charge is 0.324 e. The predicted molar refractivity (Wildman–Crippen MR) is 120 cm³/mol. The molecule has 0 spiro atoms. The summed E-state index contributed by atoms with van der Waals surface area (Å²) < 4.78 is 8.46. The molecule has 0 aromatic heterocycles. The van der Waals surface area contributed by atoms with Crippen molar-refractivity contribution in [3.05, 3.63) is 0 Å². The summed E-state index contributed by atoms with van der Waals surface area (Å²) in [6.45, 7) is 5.07. The number of aliphatic hydroxyl groups is 2.